The molecule has 1 aliphatic heterocycles. The molecular weight excluding hydrogens is 188 g/mol. The van der Waals surface area contributed by atoms with E-state index in [1.807, 2.05) is 6.07 Å². The Balaban J connectivity index is 2.13. The Hall–Kier alpha value is -0.870. The fourth-order valence-corrected chi connectivity index (χ4v) is 1.57. The molecule has 2 heterocycles. The van der Waals surface area contributed by atoms with Crippen molar-refractivity contribution >= 4 is 17.4 Å². The van der Waals surface area contributed by atoms with Crippen LogP contribution in [0.4, 0.5) is 5.82 Å². The van der Waals surface area contributed by atoms with E-state index in [1.54, 1.807) is 6.07 Å². The van der Waals surface area contributed by atoms with Crippen molar-refractivity contribution in [3.05, 3.63) is 17.3 Å². The van der Waals surface area contributed by atoms with E-state index < -0.39 is 0 Å². The van der Waals surface area contributed by atoms with Crippen LogP contribution in [0.1, 0.15) is 6.42 Å². The molecule has 1 aromatic rings. The lowest BCUT2D eigenvalue weighted by atomic mass is 10.3. The first-order valence-electron chi connectivity index (χ1n) is 4.25. The number of anilines is 1. The largest absolute Gasteiger partial charge is 0.354 e. The first-order chi connectivity index (χ1) is 6.25. The third-order valence-electron chi connectivity index (χ3n) is 2.17. The lowest BCUT2D eigenvalue weighted by molar-refractivity contribution is 0.750. The minimum Gasteiger partial charge on any atom is -0.354 e. The number of hydrogen-bond acceptors (Lipinski definition) is 4. The van der Waals surface area contributed by atoms with Crippen molar-refractivity contribution in [2.45, 2.75) is 12.5 Å². The Morgan fingerprint density at radius 1 is 1.46 bits per heavy atom. The Morgan fingerprint density at radius 3 is 2.85 bits per heavy atom. The molecule has 1 atom stereocenters. The summed E-state index contributed by atoms with van der Waals surface area (Å²) in [6.07, 6.45) is 1.02. The third kappa shape index (κ3) is 1.89. The molecular formula is C8H11ClN4. The summed E-state index contributed by atoms with van der Waals surface area (Å²) in [6.45, 7) is 1.81. The maximum atomic E-state index is 5.78. The fraction of sp³-hybridized carbons (Fsp3) is 0.500. The van der Waals surface area contributed by atoms with Gasteiger partial charge in [0, 0.05) is 19.1 Å². The molecule has 0 spiro atoms. The maximum absolute atomic E-state index is 5.78. The first-order valence-corrected chi connectivity index (χ1v) is 4.63. The molecule has 5 heteroatoms. The van der Waals surface area contributed by atoms with Crippen LogP contribution in [0.15, 0.2) is 12.1 Å². The zero-order valence-electron chi connectivity index (χ0n) is 7.15. The van der Waals surface area contributed by atoms with Crippen LogP contribution < -0.4 is 10.6 Å². The van der Waals surface area contributed by atoms with E-state index in [4.69, 9.17) is 17.3 Å². The Labute approximate surface area is 81.7 Å². The number of nitrogens with two attached hydrogens (primary N) is 1. The summed E-state index contributed by atoms with van der Waals surface area (Å²) in [5, 5.41) is 8.19. The molecule has 2 rings (SSSR count). The van der Waals surface area contributed by atoms with Gasteiger partial charge in [0.05, 0.1) is 0 Å². The standard InChI is InChI=1S/C8H11ClN4/c9-7-1-2-8(12-11-7)13-4-3-6(10)5-13/h1-2,6H,3-5,10H2/t6-/m0/s1. The van der Waals surface area contributed by atoms with Crippen LogP contribution in [0.5, 0.6) is 0 Å². The van der Waals surface area contributed by atoms with Gasteiger partial charge in [0.25, 0.3) is 0 Å². The Bertz CT molecular complexity index is 287. The normalized spacial score (nSPS) is 22.3. The molecule has 0 unspecified atom stereocenters. The molecule has 0 aromatic carbocycles. The fourth-order valence-electron chi connectivity index (χ4n) is 1.47. The zero-order chi connectivity index (χ0) is 9.26. The molecule has 4 nitrogen and oxygen atoms in total. The number of hydrogen-bond donors (Lipinski definition) is 1. The van der Waals surface area contributed by atoms with Crippen molar-refractivity contribution < 1.29 is 0 Å². The van der Waals surface area contributed by atoms with Gasteiger partial charge >= 0.3 is 0 Å². The average Bonchev–Trinajstić information content (AvgIpc) is 2.53. The molecule has 0 aliphatic carbocycles. The van der Waals surface area contributed by atoms with Gasteiger partial charge in [-0.3, -0.25) is 0 Å². The predicted octanol–water partition coefficient (Wildman–Crippen LogP) is 0.667. The summed E-state index contributed by atoms with van der Waals surface area (Å²) in [4.78, 5) is 2.12. The van der Waals surface area contributed by atoms with E-state index >= 15 is 0 Å². The second-order valence-corrected chi connectivity index (χ2v) is 3.60. The molecule has 1 aromatic heterocycles. The summed E-state index contributed by atoms with van der Waals surface area (Å²) in [7, 11) is 0. The average molecular weight is 199 g/mol. The van der Waals surface area contributed by atoms with Crippen molar-refractivity contribution in [1.82, 2.24) is 10.2 Å². The van der Waals surface area contributed by atoms with Crippen LogP contribution in [0.2, 0.25) is 5.15 Å². The third-order valence-corrected chi connectivity index (χ3v) is 2.37. The zero-order valence-corrected chi connectivity index (χ0v) is 7.91. The minimum atomic E-state index is 0.262. The van der Waals surface area contributed by atoms with Crippen LogP contribution >= 0.6 is 11.6 Å². The van der Waals surface area contributed by atoms with Gasteiger partial charge in [-0.25, -0.2) is 0 Å². The molecule has 1 aliphatic rings. The van der Waals surface area contributed by atoms with Gasteiger partial charge in [-0.2, -0.15) is 0 Å². The van der Waals surface area contributed by atoms with Crippen molar-refractivity contribution in [2.24, 2.45) is 5.73 Å². The number of halogens is 1. The molecule has 1 fully saturated rings. The van der Waals surface area contributed by atoms with Gasteiger partial charge in [-0.1, -0.05) is 11.6 Å². The Kier molecular flexibility index (Phi) is 2.33. The lowest BCUT2D eigenvalue weighted by Gasteiger charge is -2.15. The SMILES string of the molecule is N[C@H]1CCN(c2ccc(Cl)nn2)C1. The first kappa shape index (κ1) is 8.72. The lowest BCUT2D eigenvalue weighted by Crippen LogP contribution is -2.26. The molecule has 0 amide bonds. The summed E-state index contributed by atoms with van der Waals surface area (Å²) < 4.78 is 0. The van der Waals surface area contributed by atoms with Crippen LogP contribution in [0, 0.1) is 0 Å². The molecule has 70 valence electrons. The topological polar surface area (TPSA) is 55.0 Å². The highest BCUT2D eigenvalue weighted by molar-refractivity contribution is 6.29. The predicted molar refractivity (Wildman–Crippen MR) is 51.8 cm³/mol. The number of rotatable bonds is 1. The smallest absolute Gasteiger partial charge is 0.151 e. The maximum Gasteiger partial charge on any atom is 0.151 e. The van der Waals surface area contributed by atoms with Crippen molar-refractivity contribution in [2.75, 3.05) is 18.0 Å². The van der Waals surface area contributed by atoms with E-state index in [-0.39, 0.29) is 6.04 Å². The Morgan fingerprint density at radius 2 is 2.31 bits per heavy atom. The molecule has 13 heavy (non-hydrogen) atoms. The quantitative estimate of drug-likeness (QED) is 0.721. The summed E-state index contributed by atoms with van der Waals surface area (Å²) >= 11 is 5.63. The van der Waals surface area contributed by atoms with Crippen molar-refractivity contribution in [3.8, 4) is 0 Å². The van der Waals surface area contributed by atoms with Crippen LogP contribution in [-0.2, 0) is 0 Å². The van der Waals surface area contributed by atoms with Gasteiger partial charge in [0.15, 0.2) is 11.0 Å². The van der Waals surface area contributed by atoms with Gasteiger partial charge in [-0.15, -0.1) is 10.2 Å². The number of aromatic nitrogens is 2. The molecule has 1 saturated heterocycles. The molecule has 0 saturated carbocycles. The highest BCUT2D eigenvalue weighted by Crippen LogP contribution is 2.16. The molecule has 0 bridgehead atoms. The van der Waals surface area contributed by atoms with Crippen LogP contribution in [0.25, 0.3) is 0 Å². The highest BCUT2D eigenvalue weighted by atomic mass is 35.5. The summed E-state index contributed by atoms with van der Waals surface area (Å²) in [5.41, 5.74) is 5.78. The van der Waals surface area contributed by atoms with Crippen LogP contribution in [-0.4, -0.2) is 29.3 Å². The summed E-state index contributed by atoms with van der Waals surface area (Å²) in [6, 6.07) is 3.87. The van der Waals surface area contributed by atoms with Crippen molar-refractivity contribution in [3.63, 3.8) is 0 Å². The van der Waals surface area contributed by atoms with E-state index in [0.717, 1.165) is 25.3 Å². The van der Waals surface area contributed by atoms with E-state index in [9.17, 15) is 0 Å². The van der Waals surface area contributed by atoms with Gasteiger partial charge < -0.3 is 10.6 Å². The highest BCUT2D eigenvalue weighted by Gasteiger charge is 2.20. The monoisotopic (exact) mass is 198 g/mol. The molecule has 2 N–H and O–H groups in total. The second kappa shape index (κ2) is 3.47. The van der Waals surface area contributed by atoms with Crippen LogP contribution in [0.3, 0.4) is 0 Å². The van der Waals surface area contributed by atoms with E-state index in [2.05, 4.69) is 15.1 Å². The minimum absolute atomic E-state index is 0.262. The van der Waals surface area contributed by atoms with Gasteiger partial charge in [0.1, 0.15) is 0 Å². The second-order valence-electron chi connectivity index (χ2n) is 3.21. The van der Waals surface area contributed by atoms with Gasteiger partial charge in [0.2, 0.25) is 0 Å². The number of nitrogens with zero attached hydrogens (tertiary/aromatic N) is 3. The van der Waals surface area contributed by atoms with E-state index in [0.29, 0.717) is 5.15 Å². The summed E-state index contributed by atoms with van der Waals surface area (Å²) in [5.74, 6) is 0.859. The van der Waals surface area contributed by atoms with Crippen molar-refractivity contribution in [1.29, 1.82) is 0 Å². The van der Waals surface area contributed by atoms with E-state index in [1.165, 1.54) is 0 Å². The molecule has 0 radical (unpaired) electrons. The van der Waals surface area contributed by atoms with Gasteiger partial charge in [-0.05, 0) is 18.6 Å².